The maximum Gasteiger partial charge on any atom is 0.134 e. The van der Waals surface area contributed by atoms with Crippen molar-refractivity contribution in [3.05, 3.63) is 48.0 Å². The van der Waals surface area contributed by atoms with E-state index in [9.17, 15) is 4.39 Å². The molecule has 0 bridgehead atoms. The topological polar surface area (TPSA) is 39.2 Å². The van der Waals surface area contributed by atoms with Crippen LogP contribution < -0.4 is 5.73 Å². The second kappa shape index (κ2) is 3.64. The molecule has 0 atom stereocenters. The average molecular weight is 191 g/mol. The summed E-state index contributed by atoms with van der Waals surface area (Å²) in [7, 11) is 0. The Morgan fingerprint density at radius 1 is 1.29 bits per heavy atom. The van der Waals surface area contributed by atoms with Crippen LogP contribution in [0.4, 0.5) is 4.39 Å². The van der Waals surface area contributed by atoms with Gasteiger partial charge in [-0.1, -0.05) is 12.1 Å². The monoisotopic (exact) mass is 191 g/mol. The number of furan rings is 1. The van der Waals surface area contributed by atoms with Gasteiger partial charge in [0.15, 0.2) is 0 Å². The zero-order valence-corrected chi connectivity index (χ0v) is 7.53. The molecule has 2 aromatic rings. The summed E-state index contributed by atoms with van der Waals surface area (Å²) < 4.78 is 18.1. The van der Waals surface area contributed by atoms with Crippen LogP contribution in [-0.2, 0) is 6.54 Å². The second-order valence-electron chi connectivity index (χ2n) is 3.03. The van der Waals surface area contributed by atoms with Gasteiger partial charge in [-0.3, -0.25) is 0 Å². The highest BCUT2D eigenvalue weighted by Crippen LogP contribution is 2.22. The van der Waals surface area contributed by atoms with Gasteiger partial charge < -0.3 is 10.2 Å². The van der Waals surface area contributed by atoms with E-state index in [0.29, 0.717) is 12.3 Å². The lowest BCUT2D eigenvalue weighted by Crippen LogP contribution is -1.92. The van der Waals surface area contributed by atoms with Gasteiger partial charge in [-0.05, 0) is 18.2 Å². The third kappa shape index (κ3) is 1.67. The number of rotatable bonds is 2. The predicted molar refractivity (Wildman–Crippen MR) is 52.0 cm³/mol. The zero-order chi connectivity index (χ0) is 9.97. The number of hydrogen-bond acceptors (Lipinski definition) is 2. The Morgan fingerprint density at radius 2 is 2.14 bits per heavy atom. The van der Waals surface area contributed by atoms with E-state index in [1.165, 1.54) is 12.1 Å². The van der Waals surface area contributed by atoms with Crippen LogP contribution in [0.15, 0.2) is 41.0 Å². The fourth-order valence-electron chi connectivity index (χ4n) is 1.28. The van der Waals surface area contributed by atoms with E-state index in [2.05, 4.69) is 0 Å². The summed E-state index contributed by atoms with van der Waals surface area (Å²) in [5, 5.41) is 0. The first-order chi connectivity index (χ1) is 6.79. The summed E-state index contributed by atoms with van der Waals surface area (Å²) in [4.78, 5) is 0. The van der Waals surface area contributed by atoms with Crippen LogP contribution in [0.25, 0.3) is 11.3 Å². The van der Waals surface area contributed by atoms with Gasteiger partial charge in [0.2, 0.25) is 0 Å². The first-order valence-electron chi connectivity index (χ1n) is 4.33. The van der Waals surface area contributed by atoms with Crippen LogP contribution in [0.2, 0.25) is 0 Å². The van der Waals surface area contributed by atoms with E-state index in [1.54, 1.807) is 18.4 Å². The van der Waals surface area contributed by atoms with Crippen LogP contribution in [0.3, 0.4) is 0 Å². The Labute approximate surface area is 81.2 Å². The molecular weight excluding hydrogens is 181 g/mol. The molecule has 0 spiro atoms. The van der Waals surface area contributed by atoms with E-state index >= 15 is 0 Å². The summed E-state index contributed by atoms with van der Waals surface area (Å²) in [5.74, 6) is 0.373. The van der Waals surface area contributed by atoms with Crippen molar-refractivity contribution in [2.75, 3.05) is 0 Å². The SMILES string of the molecule is NCc1coc(-c2cccc(F)c2)c1. The fraction of sp³-hybridized carbons (Fsp3) is 0.0909. The lowest BCUT2D eigenvalue weighted by molar-refractivity contribution is 0.576. The molecule has 0 saturated carbocycles. The Balaban J connectivity index is 2.39. The minimum Gasteiger partial charge on any atom is -0.464 e. The fourth-order valence-corrected chi connectivity index (χ4v) is 1.28. The molecule has 0 amide bonds. The summed E-state index contributed by atoms with van der Waals surface area (Å²) in [6.45, 7) is 0.429. The average Bonchev–Trinajstić information content (AvgIpc) is 2.66. The molecule has 0 radical (unpaired) electrons. The summed E-state index contributed by atoms with van der Waals surface area (Å²) in [5.41, 5.74) is 7.07. The standard InChI is InChI=1S/C11H10FNO/c12-10-3-1-2-9(5-10)11-4-8(6-13)7-14-11/h1-5,7H,6,13H2. The maximum absolute atomic E-state index is 12.9. The van der Waals surface area contributed by atoms with Crippen LogP contribution in [-0.4, -0.2) is 0 Å². The maximum atomic E-state index is 12.9. The molecule has 2 rings (SSSR count). The predicted octanol–water partition coefficient (Wildman–Crippen LogP) is 2.54. The van der Waals surface area contributed by atoms with Gasteiger partial charge in [-0.15, -0.1) is 0 Å². The first kappa shape index (κ1) is 8.97. The van der Waals surface area contributed by atoms with Gasteiger partial charge in [0.05, 0.1) is 6.26 Å². The Hall–Kier alpha value is -1.61. The quantitative estimate of drug-likeness (QED) is 0.792. The van der Waals surface area contributed by atoms with Gasteiger partial charge >= 0.3 is 0 Å². The smallest absolute Gasteiger partial charge is 0.134 e. The summed E-state index contributed by atoms with van der Waals surface area (Å²) in [6, 6.07) is 8.09. The van der Waals surface area contributed by atoms with Crippen LogP contribution in [0.5, 0.6) is 0 Å². The number of halogens is 1. The molecule has 0 saturated heterocycles. The van der Waals surface area contributed by atoms with Crippen LogP contribution in [0, 0.1) is 5.82 Å². The molecule has 0 aliphatic rings. The molecule has 1 heterocycles. The molecule has 72 valence electrons. The lowest BCUT2D eigenvalue weighted by Gasteiger charge is -1.95. The summed E-state index contributed by atoms with van der Waals surface area (Å²) >= 11 is 0. The van der Waals surface area contributed by atoms with Crippen molar-refractivity contribution in [3.63, 3.8) is 0 Å². The highest BCUT2D eigenvalue weighted by molar-refractivity contribution is 5.57. The van der Waals surface area contributed by atoms with Gasteiger partial charge in [0, 0.05) is 17.7 Å². The normalized spacial score (nSPS) is 10.4. The molecular formula is C11H10FNO. The van der Waals surface area contributed by atoms with Crippen molar-refractivity contribution in [2.45, 2.75) is 6.54 Å². The largest absolute Gasteiger partial charge is 0.464 e. The molecule has 1 aromatic heterocycles. The lowest BCUT2D eigenvalue weighted by atomic mass is 10.1. The third-order valence-electron chi connectivity index (χ3n) is 2.00. The van der Waals surface area contributed by atoms with Crippen LogP contribution in [0.1, 0.15) is 5.56 Å². The molecule has 0 fully saturated rings. The minimum atomic E-state index is -0.270. The molecule has 0 aliphatic carbocycles. The Bertz CT molecular complexity index is 436. The van der Waals surface area contributed by atoms with Crippen molar-refractivity contribution in [3.8, 4) is 11.3 Å². The molecule has 2 N–H and O–H groups in total. The Morgan fingerprint density at radius 3 is 2.79 bits per heavy atom. The highest BCUT2D eigenvalue weighted by atomic mass is 19.1. The van der Waals surface area contributed by atoms with Crippen molar-refractivity contribution < 1.29 is 8.81 Å². The van der Waals surface area contributed by atoms with E-state index in [0.717, 1.165) is 11.1 Å². The molecule has 3 heteroatoms. The van der Waals surface area contributed by atoms with E-state index in [4.69, 9.17) is 10.2 Å². The van der Waals surface area contributed by atoms with Crippen molar-refractivity contribution >= 4 is 0 Å². The second-order valence-corrected chi connectivity index (χ2v) is 3.03. The molecule has 1 aromatic carbocycles. The molecule has 0 aliphatic heterocycles. The van der Waals surface area contributed by atoms with Gasteiger partial charge in [-0.25, -0.2) is 4.39 Å². The molecule has 14 heavy (non-hydrogen) atoms. The van der Waals surface area contributed by atoms with Gasteiger partial charge in [-0.2, -0.15) is 0 Å². The van der Waals surface area contributed by atoms with Gasteiger partial charge in [0.25, 0.3) is 0 Å². The molecule has 0 unspecified atom stereocenters. The van der Waals surface area contributed by atoms with Crippen molar-refractivity contribution in [1.29, 1.82) is 0 Å². The highest BCUT2D eigenvalue weighted by Gasteiger charge is 2.03. The van der Waals surface area contributed by atoms with Crippen molar-refractivity contribution in [2.24, 2.45) is 5.73 Å². The number of nitrogens with two attached hydrogens (primary N) is 1. The number of benzene rings is 1. The molecule has 2 nitrogen and oxygen atoms in total. The van der Waals surface area contributed by atoms with Crippen molar-refractivity contribution in [1.82, 2.24) is 0 Å². The zero-order valence-electron chi connectivity index (χ0n) is 7.53. The van der Waals surface area contributed by atoms with Gasteiger partial charge in [0.1, 0.15) is 11.6 Å². The van der Waals surface area contributed by atoms with E-state index in [1.807, 2.05) is 6.07 Å². The summed E-state index contributed by atoms with van der Waals surface area (Å²) in [6.07, 6.45) is 1.58. The van der Waals surface area contributed by atoms with E-state index < -0.39 is 0 Å². The third-order valence-corrected chi connectivity index (χ3v) is 2.00. The van der Waals surface area contributed by atoms with Crippen LogP contribution >= 0.6 is 0 Å². The minimum absolute atomic E-state index is 0.270. The first-order valence-corrected chi connectivity index (χ1v) is 4.33. The Kier molecular flexibility index (Phi) is 2.33. The van der Waals surface area contributed by atoms with E-state index in [-0.39, 0.29) is 5.82 Å². The number of hydrogen-bond donors (Lipinski definition) is 1.